The smallest absolute Gasteiger partial charge is 0.243 e. The van der Waals surface area contributed by atoms with Crippen LogP contribution in [0.1, 0.15) is 38.5 Å². The molecule has 1 aliphatic carbocycles. The molecule has 1 aromatic carbocycles. The molecule has 1 saturated heterocycles. The molecule has 0 aromatic heterocycles. The quantitative estimate of drug-likeness (QED) is 0.853. The molecule has 0 unspecified atom stereocenters. The Bertz CT molecular complexity index is 564. The van der Waals surface area contributed by atoms with Crippen molar-refractivity contribution in [3.63, 3.8) is 0 Å². The van der Waals surface area contributed by atoms with Gasteiger partial charge in [0.2, 0.25) is 10.0 Å². The summed E-state index contributed by atoms with van der Waals surface area (Å²) >= 11 is 0. The van der Waals surface area contributed by atoms with Crippen LogP contribution in [-0.4, -0.2) is 25.8 Å². The maximum absolute atomic E-state index is 12.6. The largest absolute Gasteiger partial charge is 0.399 e. The Morgan fingerprint density at radius 2 is 1.50 bits per heavy atom. The summed E-state index contributed by atoms with van der Waals surface area (Å²) in [6, 6.07) is 6.50. The summed E-state index contributed by atoms with van der Waals surface area (Å²) < 4.78 is 26.8. The van der Waals surface area contributed by atoms with E-state index in [-0.39, 0.29) is 0 Å². The summed E-state index contributed by atoms with van der Waals surface area (Å²) in [7, 11) is -3.35. The lowest BCUT2D eigenvalue weighted by molar-refractivity contribution is 0.160. The molecule has 4 nitrogen and oxygen atoms in total. The minimum atomic E-state index is -3.35. The van der Waals surface area contributed by atoms with Crippen molar-refractivity contribution in [1.29, 1.82) is 0 Å². The third-order valence-electron chi connectivity index (χ3n) is 4.97. The van der Waals surface area contributed by atoms with Gasteiger partial charge in [0.05, 0.1) is 4.90 Å². The van der Waals surface area contributed by atoms with Gasteiger partial charge in [-0.3, -0.25) is 0 Å². The Labute approximate surface area is 121 Å². The van der Waals surface area contributed by atoms with Crippen LogP contribution in [0.15, 0.2) is 29.2 Å². The van der Waals surface area contributed by atoms with E-state index in [1.807, 2.05) is 0 Å². The van der Waals surface area contributed by atoms with Gasteiger partial charge >= 0.3 is 0 Å². The van der Waals surface area contributed by atoms with E-state index in [9.17, 15) is 8.42 Å². The zero-order valence-corrected chi connectivity index (χ0v) is 12.5. The molecule has 1 aromatic rings. The summed E-state index contributed by atoms with van der Waals surface area (Å²) in [4.78, 5) is 0.356. The molecular weight excluding hydrogens is 272 g/mol. The molecular formula is C15H22N2O2S. The lowest BCUT2D eigenvalue weighted by Gasteiger charge is -2.38. The number of hydrogen-bond acceptors (Lipinski definition) is 3. The minimum absolute atomic E-state index is 0.356. The molecule has 1 spiro atoms. The van der Waals surface area contributed by atoms with Gasteiger partial charge in [-0.1, -0.05) is 12.8 Å². The molecule has 2 N–H and O–H groups in total. The van der Waals surface area contributed by atoms with Crippen molar-refractivity contribution in [2.45, 2.75) is 43.4 Å². The van der Waals surface area contributed by atoms with Gasteiger partial charge in [-0.05, 0) is 55.4 Å². The first kappa shape index (κ1) is 13.9. The van der Waals surface area contributed by atoms with Crippen molar-refractivity contribution in [1.82, 2.24) is 4.31 Å². The number of hydrogen-bond donors (Lipinski definition) is 1. The first-order valence-electron chi connectivity index (χ1n) is 7.38. The lowest BCUT2D eigenvalue weighted by Crippen LogP contribution is -2.42. The predicted octanol–water partition coefficient (Wildman–Crippen LogP) is 2.61. The van der Waals surface area contributed by atoms with Crippen molar-refractivity contribution in [3.8, 4) is 0 Å². The van der Waals surface area contributed by atoms with Crippen LogP contribution in [0.3, 0.4) is 0 Å². The van der Waals surface area contributed by atoms with Crippen LogP contribution < -0.4 is 5.73 Å². The van der Waals surface area contributed by atoms with Gasteiger partial charge in [0.25, 0.3) is 0 Å². The van der Waals surface area contributed by atoms with E-state index in [0.29, 0.717) is 29.1 Å². The van der Waals surface area contributed by atoms with E-state index in [2.05, 4.69) is 0 Å². The Balaban J connectivity index is 1.75. The normalized spacial score (nSPS) is 23.2. The van der Waals surface area contributed by atoms with Crippen LogP contribution >= 0.6 is 0 Å². The molecule has 1 saturated carbocycles. The maximum atomic E-state index is 12.6. The average molecular weight is 294 g/mol. The van der Waals surface area contributed by atoms with Gasteiger partial charge < -0.3 is 5.73 Å². The van der Waals surface area contributed by atoms with Crippen LogP contribution in [-0.2, 0) is 10.0 Å². The summed E-state index contributed by atoms with van der Waals surface area (Å²) in [5.41, 5.74) is 6.65. The van der Waals surface area contributed by atoms with E-state index in [1.165, 1.54) is 25.7 Å². The average Bonchev–Trinajstić information content (AvgIpc) is 2.88. The minimum Gasteiger partial charge on any atom is -0.399 e. The summed E-state index contributed by atoms with van der Waals surface area (Å²) in [6.07, 6.45) is 7.21. The van der Waals surface area contributed by atoms with Crippen LogP contribution in [0.2, 0.25) is 0 Å². The van der Waals surface area contributed by atoms with E-state index < -0.39 is 10.0 Å². The second-order valence-corrected chi connectivity index (χ2v) is 8.12. The zero-order valence-electron chi connectivity index (χ0n) is 11.7. The van der Waals surface area contributed by atoms with Gasteiger partial charge in [0.15, 0.2) is 0 Å². The first-order valence-corrected chi connectivity index (χ1v) is 8.82. The Kier molecular flexibility index (Phi) is 3.50. The second-order valence-electron chi connectivity index (χ2n) is 6.18. The van der Waals surface area contributed by atoms with Crippen LogP contribution in [0, 0.1) is 5.41 Å². The number of anilines is 1. The molecule has 0 radical (unpaired) electrons. The highest BCUT2D eigenvalue weighted by Crippen LogP contribution is 2.46. The van der Waals surface area contributed by atoms with Crippen molar-refractivity contribution < 1.29 is 8.42 Å². The van der Waals surface area contributed by atoms with Crippen LogP contribution in [0.5, 0.6) is 0 Å². The molecule has 110 valence electrons. The third-order valence-corrected chi connectivity index (χ3v) is 6.88. The fraction of sp³-hybridized carbons (Fsp3) is 0.600. The SMILES string of the molecule is Nc1ccc(S(=O)(=O)N2CCC3(CCCC3)CC2)cc1. The molecule has 3 rings (SSSR count). The molecule has 1 heterocycles. The van der Waals surface area contributed by atoms with Gasteiger partial charge in [-0.2, -0.15) is 4.31 Å². The van der Waals surface area contributed by atoms with Crippen LogP contribution in [0.4, 0.5) is 5.69 Å². The number of nitrogens with zero attached hydrogens (tertiary/aromatic N) is 1. The molecule has 0 bridgehead atoms. The topological polar surface area (TPSA) is 63.4 Å². The van der Waals surface area contributed by atoms with Gasteiger partial charge in [-0.25, -0.2) is 8.42 Å². The number of nitrogen functional groups attached to an aromatic ring is 1. The van der Waals surface area contributed by atoms with E-state index in [4.69, 9.17) is 5.73 Å². The summed E-state index contributed by atoms with van der Waals surface area (Å²) in [6.45, 7) is 1.32. The van der Waals surface area contributed by atoms with Crippen molar-refractivity contribution in [3.05, 3.63) is 24.3 Å². The van der Waals surface area contributed by atoms with Crippen molar-refractivity contribution in [2.75, 3.05) is 18.8 Å². The summed E-state index contributed by atoms with van der Waals surface area (Å²) in [5, 5.41) is 0. The van der Waals surface area contributed by atoms with Gasteiger partial charge in [0, 0.05) is 18.8 Å². The zero-order chi connectivity index (χ0) is 14.2. The number of sulfonamides is 1. The van der Waals surface area contributed by atoms with E-state index in [1.54, 1.807) is 28.6 Å². The molecule has 1 aliphatic heterocycles. The monoisotopic (exact) mass is 294 g/mol. The van der Waals surface area contributed by atoms with Crippen molar-refractivity contribution in [2.24, 2.45) is 5.41 Å². The molecule has 0 amide bonds. The molecule has 2 fully saturated rings. The predicted molar refractivity (Wildman–Crippen MR) is 79.7 cm³/mol. The van der Waals surface area contributed by atoms with Crippen molar-refractivity contribution >= 4 is 15.7 Å². The first-order chi connectivity index (χ1) is 9.52. The fourth-order valence-corrected chi connectivity index (χ4v) is 5.06. The Morgan fingerprint density at radius 3 is 2.05 bits per heavy atom. The number of benzene rings is 1. The lowest BCUT2D eigenvalue weighted by atomic mass is 9.78. The maximum Gasteiger partial charge on any atom is 0.243 e. The highest BCUT2D eigenvalue weighted by atomic mass is 32.2. The Hall–Kier alpha value is -1.07. The number of rotatable bonds is 2. The highest BCUT2D eigenvalue weighted by Gasteiger charge is 2.39. The highest BCUT2D eigenvalue weighted by molar-refractivity contribution is 7.89. The fourth-order valence-electron chi connectivity index (χ4n) is 3.61. The molecule has 0 atom stereocenters. The standard InChI is InChI=1S/C15H22N2O2S/c16-13-3-5-14(6-4-13)20(18,19)17-11-9-15(10-12-17)7-1-2-8-15/h3-6H,1-2,7-12,16H2. The van der Waals surface area contributed by atoms with E-state index >= 15 is 0 Å². The molecule has 5 heteroatoms. The number of piperidine rings is 1. The number of nitrogens with two attached hydrogens (primary N) is 1. The summed E-state index contributed by atoms with van der Waals surface area (Å²) in [5.74, 6) is 0. The third kappa shape index (κ3) is 2.44. The second kappa shape index (κ2) is 5.04. The molecule has 2 aliphatic rings. The Morgan fingerprint density at radius 1 is 0.950 bits per heavy atom. The van der Waals surface area contributed by atoms with Gasteiger partial charge in [-0.15, -0.1) is 0 Å². The van der Waals surface area contributed by atoms with Crippen LogP contribution in [0.25, 0.3) is 0 Å². The van der Waals surface area contributed by atoms with E-state index in [0.717, 1.165) is 12.8 Å². The molecule has 20 heavy (non-hydrogen) atoms. The van der Waals surface area contributed by atoms with Gasteiger partial charge in [0.1, 0.15) is 0 Å².